The van der Waals surface area contributed by atoms with Crippen molar-refractivity contribution in [3.8, 4) is 0 Å². The van der Waals surface area contributed by atoms with Crippen LogP contribution in [0, 0.1) is 0 Å². The fourth-order valence-electron chi connectivity index (χ4n) is 1.09. The Bertz CT molecular complexity index is 385. The Hall–Kier alpha value is -1.69. The predicted octanol–water partition coefficient (Wildman–Crippen LogP) is 0.908. The molecule has 0 aliphatic rings. The van der Waals surface area contributed by atoms with E-state index in [4.69, 9.17) is 15.1 Å². The Morgan fingerprint density at radius 2 is 1.82 bits per heavy atom. The molecule has 0 aliphatic carbocycles. The molecule has 17 heavy (non-hydrogen) atoms. The summed E-state index contributed by atoms with van der Waals surface area (Å²) < 4.78 is 9.61. The summed E-state index contributed by atoms with van der Waals surface area (Å²) in [4.78, 5) is 11.3. The molecule has 6 heteroatoms. The molecule has 92 valence electrons. The fourth-order valence-corrected chi connectivity index (χ4v) is 1.09. The van der Waals surface area contributed by atoms with Gasteiger partial charge in [-0.3, -0.25) is 0 Å². The van der Waals surface area contributed by atoms with E-state index in [0.29, 0.717) is 11.2 Å². The molecule has 1 aromatic carbocycles. The van der Waals surface area contributed by atoms with E-state index in [2.05, 4.69) is 0 Å². The highest BCUT2D eigenvalue weighted by atomic mass is 16.7. The van der Waals surface area contributed by atoms with Gasteiger partial charge in [-0.15, -0.1) is 0 Å². The molecule has 0 aromatic heterocycles. The second-order valence-corrected chi connectivity index (χ2v) is 4.60. The van der Waals surface area contributed by atoms with E-state index in [1.165, 1.54) is 0 Å². The second-order valence-electron chi connectivity index (χ2n) is 4.60. The lowest BCUT2D eigenvalue weighted by molar-refractivity contribution is 0.0174. The topological polar surface area (TPSA) is 81.8 Å². The Morgan fingerprint density at radius 1 is 1.29 bits per heavy atom. The van der Waals surface area contributed by atoms with Gasteiger partial charge >= 0.3 is 13.3 Å². The molecule has 0 fully saturated rings. The van der Waals surface area contributed by atoms with Crippen LogP contribution < -0.4 is 11.2 Å². The van der Waals surface area contributed by atoms with Crippen molar-refractivity contribution in [2.24, 2.45) is 0 Å². The summed E-state index contributed by atoms with van der Waals surface area (Å²) >= 11 is 0. The Labute approximate surface area is 101 Å². The van der Waals surface area contributed by atoms with Crippen LogP contribution in [-0.4, -0.2) is 23.9 Å². The van der Waals surface area contributed by atoms with Gasteiger partial charge in [0.25, 0.3) is 0 Å². The minimum Gasteiger partial charge on any atom is -0.473 e. The van der Waals surface area contributed by atoms with Crippen LogP contribution in [0.5, 0.6) is 0 Å². The van der Waals surface area contributed by atoms with Crippen molar-refractivity contribution in [1.29, 1.82) is 0 Å². The summed E-state index contributed by atoms with van der Waals surface area (Å²) in [5.41, 5.74) is 5.85. The average Bonchev–Trinajstić information content (AvgIpc) is 2.15. The van der Waals surface area contributed by atoms with Gasteiger partial charge in [0.15, 0.2) is 0 Å². The summed E-state index contributed by atoms with van der Waals surface area (Å²) in [6.07, 6.45) is -0.915. The molecule has 0 saturated heterocycles. The molecule has 1 aromatic rings. The highest BCUT2D eigenvalue weighted by molar-refractivity contribution is 6.61. The molecule has 0 amide bonds. The van der Waals surface area contributed by atoms with Crippen molar-refractivity contribution in [1.82, 2.24) is 0 Å². The number of carbonyl (C=O) groups is 1. The number of rotatable bonds is 2. The van der Waals surface area contributed by atoms with Crippen molar-refractivity contribution in [2.75, 3.05) is 5.73 Å². The first-order valence-electron chi connectivity index (χ1n) is 5.21. The van der Waals surface area contributed by atoms with E-state index in [1.807, 2.05) is 0 Å². The molecule has 0 heterocycles. The van der Waals surface area contributed by atoms with E-state index in [0.717, 1.165) is 0 Å². The number of nitrogens with two attached hydrogens (primary N) is 1. The first-order valence-corrected chi connectivity index (χ1v) is 5.21. The van der Waals surface area contributed by atoms with Crippen LogP contribution in [0.25, 0.3) is 0 Å². The zero-order valence-electron chi connectivity index (χ0n) is 10.1. The Morgan fingerprint density at radius 3 is 2.29 bits per heavy atom. The summed E-state index contributed by atoms with van der Waals surface area (Å²) in [6.45, 7) is 5.14. The van der Waals surface area contributed by atoms with Crippen molar-refractivity contribution >= 4 is 24.4 Å². The third-order valence-corrected chi connectivity index (χ3v) is 1.82. The zero-order valence-corrected chi connectivity index (χ0v) is 10.1. The van der Waals surface area contributed by atoms with Gasteiger partial charge in [0.1, 0.15) is 5.60 Å². The van der Waals surface area contributed by atoms with Gasteiger partial charge in [-0.05, 0) is 38.4 Å². The first-order chi connectivity index (χ1) is 7.78. The lowest BCUT2D eigenvalue weighted by Crippen LogP contribution is -2.37. The predicted molar refractivity (Wildman–Crippen MR) is 65.8 cm³/mol. The van der Waals surface area contributed by atoms with Crippen molar-refractivity contribution in [3.05, 3.63) is 24.3 Å². The maximum atomic E-state index is 11.3. The number of anilines is 1. The summed E-state index contributed by atoms with van der Waals surface area (Å²) in [5, 5.41) is 9.61. The van der Waals surface area contributed by atoms with E-state index >= 15 is 0 Å². The molecule has 0 unspecified atom stereocenters. The van der Waals surface area contributed by atoms with Gasteiger partial charge in [-0.2, -0.15) is 0 Å². The van der Waals surface area contributed by atoms with Crippen LogP contribution in [0.1, 0.15) is 20.8 Å². The normalized spacial score (nSPS) is 10.8. The van der Waals surface area contributed by atoms with Gasteiger partial charge in [-0.1, -0.05) is 12.1 Å². The molecule has 3 N–H and O–H groups in total. The van der Waals surface area contributed by atoms with Gasteiger partial charge in [0.05, 0.1) is 0 Å². The Balaban J connectivity index is 2.57. The van der Waals surface area contributed by atoms with E-state index in [1.54, 1.807) is 45.0 Å². The molecular weight excluding hydrogens is 221 g/mol. The number of nitrogen functional groups attached to an aromatic ring is 1. The zero-order chi connectivity index (χ0) is 13.1. The minimum absolute atomic E-state index is 0.435. The van der Waals surface area contributed by atoms with E-state index in [9.17, 15) is 9.82 Å². The quantitative estimate of drug-likeness (QED) is 0.453. The maximum absolute atomic E-state index is 11.3. The van der Waals surface area contributed by atoms with Crippen LogP contribution in [0.15, 0.2) is 24.3 Å². The van der Waals surface area contributed by atoms with Crippen LogP contribution in [0.3, 0.4) is 0 Å². The van der Waals surface area contributed by atoms with Crippen LogP contribution in [0.4, 0.5) is 10.5 Å². The molecule has 0 bridgehead atoms. The lowest BCUT2D eigenvalue weighted by atomic mass is 9.80. The highest BCUT2D eigenvalue weighted by Crippen LogP contribution is 2.08. The standard InChI is InChI=1S/C11H16BNO4/c1-11(2,3)16-10(14)17-12(15)8-4-6-9(13)7-5-8/h4-7,15H,13H2,1-3H3. The summed E-state index contributed by atoms with van der Waals surface area (Å²) in [5.74, 6) is 0. The fraction of sp³-hybridized carbons (Fsp3) is 0.364. The Kier molecular flexibility index (Phi) is 4.01. The van der Waals surface area contributed by atoms with E-state index < -0.39 is 18.9 Å². The van der Waals surface area contributed by atoms with Crippen LogP contribution >= 0.6 is 0 Å². The summed E-state index contributed by atoms with van der Waals surface area (Å²) in [6, 6.07) is 6.36. The van der Waals surface area contributed by atoms with Gasteiger partial charge in [0.2, 0.25) is 0 Å². The number of benzene rings is 1. The van der Waals surface area contributed by atoms with Crippen LogP contribution in [0.2, 0.25) is 0 Å². The molecule has 1 rings (SSSR count). The van der Waals surface area contributed by atoms with Crippen molar-refractivity contribution in [3.63, 3.8) is 0 Å². The molecule has 0 radical (unpaired) electrons. The third kappa shape index (κ3) is 4.78. The van der Waals surface area contributed by atoms with Gasteiger partial charge in [0, 0.05) is 5.69 Å². The molecule has 0 atom stereocenters. The molecule has 5 nitrogen and oxygen atoms in total. The van der Waals surface area contributed by atoms with Gasteiger partial charge < -0.3 is 20.1 Å². The summed E-state index contributed by atoms with van der Waals surface area (Å²) in [7, 11) is -1.36. The molecule has 0 aliphatic heterocycles. The van der Waals surface area contributed by atoms with Crippen molar-refractivity contribution < 1.29 is 19.2 Å². The number of ether oxygens (including phenoxy) is 1. The number of hydrogen-bond acceptors (Lipinski definition) is 5. The molecule has 0 spiro atoms. The smallest absolute Gasteiger partial charge is 0.473 e. The maximum Gasteiger partial charge on any atom is 0.564 e. The minimum atomic E-state index is -1.36. The monoisotopic (exact) mass is 237 g/mol. The lowest BCUT2D eigenvalue weighted by Gasteiger charge is -2.19. The van der Waals surface area contributed by atoms with Crippen LogP contribution in [-0.2, 0) is 9.39 Å². The number of hydrogen-bond donors (Lipinski definition) is 2. The molecule has 0 saturated carbocycles. The largest absolute Gasteiger partial charge is 0.564 e. The second kappa shape index (κ2) is 5.10. The number of carbonyl (C=O) groups excluding carboxylic acids is 1. The van der Waals surface area contributed by atoms with Gasteiger partial charge in [-0.25, -0.2) is 4.79 Å². The highest BCUT2D eigenvalue weighted by Gasteiger charge is 2.25. The third-order valence-electron chi connectivity index (χ3n) is 1.82. The SMILES string of the molecule is CC(C)(C)OC(=O)OB(O)c1ccc(N)cc1. The molecular formula is C11H16BNO4. The van der Waals surface area contributed by atoms with E-state index in [-0.39, 0.29) is 0 Å². The van der Waals surface area contributed by atoms with Crippen molar-refractivity contribution in [2.45, 2.75) is 26.4 Å². The first kappa shape index (κ1) is 13.4. The average molecular weight is 237 g/mol.